The number of rotatable bonds is 3. The minimum Gasteiger partial charge on any atom is -0.461 e. The van der Waals surface area contributed by atoms with Gasteiger partial charge in [-0.15, -0.1) is 0 Å². The number of hydrogen-bond acceptors (Lipinski definition) is 4. The van der Waals surface area contributed by atoms with Crippen LogP contribution in [0.25, 0.3) is 11.0 Å². The van der Waals surface area contributed by atoms with Crippen molar-refractivity contribution in [1.82, 2.24) is 9.80 Å². The molecule has 4 rings (SSSR count). The molecule has 0 unspecified atom stereocenters. The first-order valence-electron chi connectivity index (χ1n) is 8.47. The monoisotopic (exact) mass is 337 g/mol. The molecule has 0 saturated carbocycles. The number of nitrogens with zero attached hydrogens (tertiary/aromatic N) is 2. The average molecular weight is 337 g/mol. The maximum absolute atomic E-state index is 12.7. The van der Waals surface area contributed by atoms with Crippen LogP contribution in [-0.4, -0.2) is 40.0 Å². The molecule has 128 valence electrons. The molecule has 0 aliphatic carbocycles. The van der Waals surface area contributed by atoms with E-state index in [-0.39, 0.29) is 24.1 Å². The van der Waals surface area contributed by atoms with E-state index >= 15 is 0 Å². The third-order valence-corrected chi connectivity index (χ3v) is 4.75. The Hall–Kier alpha value is -2.89. The van der Waals surface area contributed by atoms with Gasteiger partial charge in [0.15, 0.2) is 0 Å². The van der Waals surface area contributed by atoms with Gasteiger partial charge in [-0.05, 0) is 25.0 Å². The topological polar surface area (TPSA) is 77.6 Å². The summed E-state index contributed by atoms with van der Waals surface area (Å²) in [5, 5.41) is 8.81. The van der Waals surface area contributed by atoms with Gasteiger partial charge in [-0.3, -0.25) is 19.9 Å². The van der Waals surface area contributed by atoms with Crippen molar-refractivity contribution in [2.75, 3.05) is 6.54 Å². The molecule has 0 bridgehead atoms. The standard InChI is InChI=1S/C19H19N3O3/c20-17-8-4-10-22(17)19(24)15-6-3-9-21(15)18(23)12-14-11-13-5-1-2-7-16(13)25-14/h1-2,4-5,7,10-11,15,20H,3,6,8-9,12H2/t15-/m0/s1. The molecule has 1 aromatic heterocycles. The molecule has 25 heavy (non-hydrogen) atoms. The molecular formula is C19H19N3O3. The van der Waals surface area contributed by atoms with Gasteiger partial charge in [0.2, 0.25) is 5.91 Å². The highest BCUT2D eigenvalue weighted by Crippen LogP contribution is 2.24. The lowest BCUT2D eigenvalue weighted by Gasteiger charge is -2.26. The molecule has 0 radical (unpaired) electrons. The Morgan fingerprint density at radius 1 is 1.28 bits per heavy atom. The van der Waals surface area contributed by atoms with Gasteiger partial charge in [0.1, 0.15) is 23.2 Å². The minimum absolute atomic E-state index is 0.107. The van der Waals surface area contributed by atoms with Crippen molar-refractivity contribution in [3.05, 3.63) is 48.4 Å². The summed E-state index contributed by atoms with van der Waals surface area (Å²) < 4.78 is 5.72. The Morgan fingerprint density at radius 3 is 2.88 bits per heavy atom. The summed E-state index contributed by atoms with van der Waals surface area (Å²) in [6, 6.07) is 9.03. The van der Waals surface area contributed by atoms with Gasteiger partial charge in [0.25, 0.3) is 5.91 Å². The minimum atomic E-state index is -0.486. The number of carbonyl (C=O) groups excluding carboxylic acids is 2. The van der Waals surface area contributed by atoms with Crippen molar-refractivity contribution in [1.29, 1.82) is 5.41 Å². The van der Waals surface area contributed by atoms with Gasteiger partial charge in [-0.2, -0.15) is 0 Å². The van der Waals surface area contributed by atoms with Gasteiger partial charge in [-0.1, -0.05) is 24.3 Å². The fourth-order valence-corrected chi connectivity index (χ4v) is 3.52. The first kappa shape index (κ1) is 15.6. The summed E-state index contributed by atoms with van der Waals surface area (Å²) >= 11 is 0. The van der Waals surface area contributed by atoms with E-state index in [2.05, 4.69) is 0 Å². The lowest BCUT2D eigenvalue weighted by atomic mass is 10.1. The van der Waals surface area contributed by atoms with E-state index in [4.69, 9.17) is 9.83 Å². The van der Waals surface area contributed by atoms with Crippen LogP contribution in [0.1, 0.15) is 25.0 Å². The zero-order chi connectivity index (χ0) is 17.4. The van der Waals surface area contributed by atoms with E-state index in [1.54, 1.807) is 17.2 Å². The predicted octanol–water partition coefficient (Wildman–Crippen LogP) is 2.69. The van der Waals surface area contributed by atoms with Gasteiger partial charge < -0.3 is 9.32 Å². The van der Waals surface area contributed by atoms with Crippen LogP contribution in [0.15, 0.2) is 47.0 Å². The molecule has 0 spiro atoms. The zero-order valence-corrected chi connectivity index (χ0v) is 13.8. The molecule has 2 aliphatic rings. The second-order valence-corrected chi connectivity index (χ2v) is 6.42. The number of amidine groups is 1. The summed E-state index contributed by atoms with van der Waals surface area (Å²) in [5.41, 5.74) is 0.759. The third-order valence-electron chi connectivity index (χ3n) is 4.75. The number of carbonyl (C=O) groups is 2. The van der Waals surface area contributed by atoms with Gasteiger partial charge >= 0.3 is 0 Å². The average Bonchev–Trinajstić information content (AvgIpc) is 3.32. The second kappa shape index (κ2) is 6.20. The van der Waals surface area contributed by atoms with Crippen molar-refractivity contribution >= 4 is 28.6 Å². The Bertz CT molecular complexity index is 850. The SMILES string of the molecule is N=C1CC=CN1C(=O)[C@@H]1CCCN1C(=O)Cc1cc2ccccc2o1. The van der Waals surface area contributed by atoms with Crippen molar-refractivity contribution in [3.63, 3.8) is 0 Å². The summed E-state index contributed by atoms with van der Waals surface area (Å²) in [5.74, 6) is 0.582. The van der Waals surface area contributed by atoms with Crippen LogP contribution in [0.2, 0.25) is 0 Å². The van der Waals surface area contributed by atoms with Crippen LogP contribution >= 0.6 is 0 Å². The first-order valence-corrected chi connectivity index (χ1v) is 8.47. The molecule has 2 amide bonds. The Labute approximate surface area is 145 Å². The number of hydrogen-bond donors (Lipinski definition) is 1. The van der Waals surface area contributed by atoms with Crippen LogP contribution < -0.4 is 0 Å². The van der Waals surface area contributed by atoms with Crippen molar-refractivity contribution in [2.45, 2.75) is 31.7 Å². The van der Waals surface area contributed by atoms with E-state index in [1.165, 1.54) is 4.90 Å². The Balaban J connectivity index is 1.49. The van der Waals surface area contributed by atoms with E-state index in [0.29, 0.717) is 25.1 Å². The van der Waals surface area contributed by atoms with Crippen molar-refractivity contribution in [3.8, 4) is 0 Å². The van der Waals surface area contributed by atoms with E-state index in [9.17, 15) is 9.59 Å². The number of amides is 2. The number of fused-ring (bicyclic) bond motifs is 1. The van der Waals surface area contributed by atoms with E-state index < -0.39 is 6.04 Å². The molecule has 1 fully saturated rings. The molecular weight excluding hydrogens is 318 g/mol. The second-order valence-electron chi connectivity index (χ2n) is 6.42. The first-order chi connectivity index (χ1) is 12.1. The number of furan rings is 1. The van der Waals surface area contributed by atoms with Crippen molar-refractivity contribution in [2.24, 2.45) is 0 Å². The highest BCUT2D eigenvalue weighted by atomic mass is 16.3. The van der Waals surface area contributed by atoms with Crippen LogP contribution in [0.5, 0.6) is 0 Å². The summed E-state index contributed by atoms with van der Waals surface area (Å²) in [7, 11) is 0. The molecule has 6 heteroatoms. The summed E-state index contributed by atoms with van der Waals surface area (Å²) in [6.45, 7) is 0.570. The van der Waals surface area contributed by atoms with Crippen LogP contribution in [-0.2, 0) is 16.0 Å². The molecule has 1 atom stereocenters. The highest BCUT2D eigenvalue weighted by molar-refractivity contribution is 6.03. The van der Waals surface area contributed by atoms with E-state index in [0.717, 1.165) is 17.4 Å². The summed E-state index contributed by atoms with van der Waals surface area (Å²) in [4.78, 5) is 28.4. The van der Waals surface area contributed by atoms with Crippen LogP contribution in [0.3, 0.4) is 0 Å². The fraction of sp³-hybridized carbons (Fsp3) is 0.316. The number of likely N-dealkylation sites (tertiary alicyclic amines) is 1. The zero-order valence-electron chi connectivity index (χ0n) is 13.8. The Morgan fingerprint density at radius 2 is 2.12 bits per heavy atom. The van der Waals surface area contributed by atoms with Crippen molar-refractivity contribution < 1.29 is 14.0 Å². The van der Waals surface area contributed by atoms with E-state index in [1.807, 2.05) is 30.3 Å². The number of nitrogens with one attached hydrogen (secondary N) is 1. The van der Waals surface area contributed by atoms with Gasteiger partial charge in [0, 0.05) is 24.6 Å². The van der Waals surface area contributed by atoms with Crippen LogP contribution in [0.4, 0.5) is 0 Å². The van der Waals surface area contributed by atoms with Crippen LogP contribution in [0, 0.1) is 5.41 Å². The smallest absolute Gasteiger partial charge is 0.254 e. The normalized spacial score (nSPS) is 20.0. The molecule has 1 N–H and O–H groups in total. The molecule has 2 aliphatic heterocycles. The number of benzene rings is 1. The molecule has 6 nitrogen and oxygen atoms in total. The molecule has 1 aromatic carbocycles. The maximum Gasteiger partial charge on any atom is 0.254 e. The quantitative estimate of drug-likeness (QED) is 0.935. The van der Waals surface area contributed by atoms with Gasteiger partial charge in [0.05, 0.1) is 6.42 Å². The largest absolute Gasteiger partial charge is 0.461 e. The highest BCUT2D eigenvalue weighted by Gasteiger charge is 2.37. The maximum atomic E-state index is 12.7. The molecule has 1 saturated heterocycles. The third kappa shape index (κ3) is 2.84. The lowest BCUT2D eigenvalue weighted by Crippen LogP contribution is -2.47. The molecule has 2 aromatic rings. The Kier molecular flexibility index (Phi) is 3.87. The lowest BCUT2D eigenvalue weighted by molar-refractivity contribution is -0.140. The predicted molar refractivity (Wildman–Crippen MR) is 93.0 cm³/mol. The number of para-hydroxylation sites is 1. The summed E-state index contributed by atoms with van der Waals surface area (Å²) in [6.07, 6.45) is 5.47. The fourth-order valence-electron chi connectivity index (χ4n) is 3.52. The molecule has 3 heterocycles. The van der Waals surface area contributed by atoms with Gasteiger partial charge in [-0.25, -0.2) is 0 Å².